The number of carbonyl (C=O) groups is 2. The molecule has 0 spiro atoms. The Labute approximate surface area is 196 Å². The summed E-state index contributed by atoms with van der Waals surface area (Å²) in [4.78, 5) is 26.9. The van der Waals surface area contributed by atoms with E-state index in [0.29, 0.717) is 23.8 Å². The maximum absolute atomic E-state index is 13.1. The molecule has 33 heavy (non-hydrogen) atoms. The fraction of sp³-hybridized carbons (Fsp3) is 0.481. The molecule has 0 radical (unpaired) electrons. The minimum Gasteiger partial charge on any atom is -0.494 e. The number of anilines is 1. The SMILES string of the molecule is CCOc1cc(C(=O)O)ccc1CC(=O)N[C@@H](CC(C)C)c1ccccc1N1CCCCC1. The van der Waals surface area contributed by atoms with Gasteiger partial charge in [-0.3, -0.25) is 4.79 Å². The van der Waals surface area contributed by atoms with E-state index in [1.54, 1.807) is 6.07 Å². The van der Waals surface area contributed by atoms with E-state index in [4.69, 9.17) is 4.74 Å². The van der Waals surface area contributed by atoms with Gasteiger partial charge in [0.1, 0.15) is 5.75 Å². The van der Waals surface area contributed by atoms with Crippen LogP contribution in [0.4, 0.5) is 5.69 Å². The number of carboxylic acid groups (broad SMARTS) is 1. The van der Waals surface area contributed by atoms with Crippen LogP contribution in [0.1, 0.15) is 74.0 Å². The van der Waals surface area contributed by atoms with Crippen molar-refractivity contribution in [2.24, 2.45) is 5.92 Å². The Balaban J connectivity index is 1.82. The Morgan fingerprint density at radius 2 is 1.82 bits per heavy atom. The fourth-order valence-corrected chi connectivity index (χ4v) is 4.48. The number of aromatic carboxylic acids is 1. The zero-order valence-corrected chi connectivity index (χ0v) is 20.0. The van der Waals surface area contributed by atoms with Gasteiger partial charge in [0.25, 0.3) is 0 Å². The molecule has 178 valence electrons. The van der Waals surface area contributed by atoms with Crippen molar-refractivity contribution in [3.63, 3.8) is 0 Å². The first-order chi connectivity index (χ1) is 15.9. The lowest BCUT2D eigenvalue weighted by Crippen LogP contribution is -2.34. The topological polar surface area (TPSA) is 78.9 Å². The molecule has 1 atom stereocenters. The van der Waals surface area contributed by atoms with Crippen molar-refractivity contribution in [3.8, 4) is 5.75 Å². The molecular formula is C27H36N2O4. The molecule has 0 bridgehead atoms. The van der Waals surface area contributed by atoms with Gasteiger partial charge in [-0.25, -0.2) is 4.79 Å². The summed E-state index contributed by atoms with van der Waals surface area (Å²) >= 11 is 0. The average Bonchev–Trinajstić information content (AvgIpc) is 2.80. The molecule has 0 saturated carbocycles. The van der Waals surface area contributed by atoms with Crippen molar-refractivity contribution in [1.82, 2.24) is 5.32 Å². The fourth-order valence-electron chi connectivity index (χ4n) is 4.48. The van der Waals surface area contributed by atoms with Crippen LogP contribution in [0.2, 0.25) is 0 Å². The summed E-state index contributed by atoms with van der Waals surface area (Å²) < 4.78 is 5.63. The van der Waals surface area contributed by atoms with Crippen LogP contribution in [-0.2, 0) is 11.2 Å². The van der Waals surface area contributed by atoms with Crippen LogP contribution in [0, 0.1) is 5.92 Å². The van der Waals surface area contributed by atoms with E-state index in [1.807, 2.05) is 13.0 Å². The average molecular weight is 453 g/mol. The van der Waals surface area contributed by atoms with Gasteiger partial charge < -0.3 is 20.1 Å². The molecule has 0 unspecified atom stereocenters. The van der Waals surface area contributed by atoms with Gasteiger partial charge in [-0.2, -0.15) is 0 Å². The minimum absolute atomic E-state index is 0.0931. The number of rotatable bonds is 10. The highest BCUT2D eigenvalue weighted by atomic mass is 16.5. The van der Waals surface area contributed by atoms with Crippen molar-refractivity contribution in [1.29, 1.82) is 0 Å². The van der Waals surface area contributed by atoms with Crippen LogP contribution in [-0.4, -0.2) is 36.7 Å². The number of hydrogen-bond donors (Lipinski definition) is 2. The quantitative estimate of drug-likeness (QED) is 0.517. The van der Waals surface area contributed by atoms with Crippen LogP contribution in [0.3, 0.4) is 0 Å². The number of ether oxygens (including phenoxy) is 1. The highest BCUT2D eigenvalue weighted by molar-refractivity contribution is 5.88. The lowest BCUT2D eigenvalue weighted by molar-refractivity contribution is -0.121. The number of amides is 1. The zero-order chi connectivity index (χ0) is 23.8. The van der Waals surface area contributed by atoms with E-state index < -0.39 is 5.97 Å². The Morgan fingerprint density at radius 1 is 1.09 bits per heavy atom. The Kier molecular flexibility index (Phi) is 8.75. The van der Waals surface area contributed by atoms with E-state index >= 15 is 0 Å². The van der Waals surface area contributed by atoms with E-state index in [1.165, 1.54) is 37.1 Å². The van der Waals surface area contributed by atoms with Gasteiger partial charge in [0.15, 0.2) is 0 Å². The van der Waals surface area contributed by atoms with E-state index in [0.717, 1.165) is 25.1 Å². The molecule has 6 nitrogen and oxygen atoms in total. The summed E-state index contributed by atoms with van der Waals surface area (Å²) in [7, 11) is 0. The number of nitrogens with zero attached hydrogens (tertiary/aromatic N) is 1. The third-order valence-corrected chi connectivity index (χ3v) is 6.02. The summed E-state index contributed by atoms with van der Waals surface area (Å²) in [6.07, 6.45) is 4.64. The van der Waals surface area contributed by atoms with E-state index in [-0.39, 0.29) is 23.9 Å². The normalized spacial score (nSPS) is 14.7. The zero-order valence-electron chi connectivity index (χ0n) is 20.0. The summed E-state index contributed by atoms with van der Waals surface area (Å²) in [5.41, 5.74) is 3.21. The number of benzene rings is 2. The molecule has 0 aliphatic carbocycles. The molecule has 1 fully saturated rings. The van der Waals surface area contributed by atoms with Crippen molar-refractivity contribution in [2.75, 3.05) is 24.6 Å². The molecular weight excluding hydrogens is 416 g/mol. The van der Waals surface area contributed by atoms with E-state index in [9.17, 15) is 14.7 Å². The Hall–Kier alpha value is -3.02. The number of nitrogens with one attached hydrogen (secondary N) is 1. The number of carbonyl (C=O) groups excluding carboxylic acids is 1. The molecule has 2 aromatic carbocycles. The second kappa shape index (κ2) is 11.7. The van der Waals surface area contributed by atoms with Crippen LogP contribution in [0.5, 0.6) is 5.75 Å². The van der Waals surface area contributed by atoms with Crippen molar-refractivity contribution < 1.29 is 19.4 Å². The van der Waals surface area contributed by atoms with Crippen LogP contribution in [0.15, 0.2) is 42.5 Å². The van der Waals surface area contributed by atoms with Gasteiger partial charge in [-0.15, -0.1) is 0 Å². The molecule has 6 heteroatoms. The highest BCUT2D eigenvalue weighted by Gasteiger charge is 2.23. The van der Waals surface area contributed by atoms with Crippen LogP contribution in [0.25, 0.3) is 0 Å². The molecule has 1 amide bonds. The smallest absolute Gasteiger partial charge is 0.335 e. The molecule has 1 saturated heterocycles. The predicted molar refractivity (Wildman–Crippen MR) is 131 cm³/mol. The summed E-state index contributed by atoms with van der Waals surface area (Å²) in [6, 6.07) is 13.0. The van der Waals surface area contributed by atoms with Crippen molar-refractivity contribution in [3.05, 3.63) is 59.2 Å². The Bertz CT molecular complexity index is 951. The number of para-hydroxylation sites is 1. The maximum Gasteiger partial charge on any atom is 0.335 e. The lowest BCUT2D eigenvalue weighted by Gasteiger charge is -2.33. The molecule has 0 aromatic heterocycles. The van der Waals surface area contributed by atoms with Gasteiger partial charge in [0.05, 0.1) is 24.6 Å². The molecule has 2 N–H and O–H groups in total. The maximum atomic E-state index is 13.1. The number of hydrogen-bond acceptors (Lipinski definition) is 4. The highest BCUT2D eigenvalue weighted by Crippen LogP contribution is 2.32. The first-order valence-electron chi connectivity index (χ1n) is 12.0. The second-order valence-corrected chi connectivity index (χ2v) is 9.09. The van der Waals surface area contributed by atoms with Gasteiger partial charge in [0, 0.05) is 24.3 Å². The number of carboxylic acids is 1. The predicted octanol–water partition coefficient (Wildman–Crippen LogP) is 5.22. The van der Waals surface area contributed by atoms with Gasteiger partial charge in [-0.1, -0.05) is 38.1 Å². The van der Waals surface area contributed by atoms with Crippen molar-refractivity contribution in [2.45, 2.75) is 58.9 Å². The van der Waals surface area contributed by atoms with E-state index in [2.05, 4.69) is 42.3 Å². The van der Waals surface area contributed by atoms with Gasteiger partial charge in [0.2, 0.25) is 5.91 Å². The Morgan fingerprint density at radius 3 is 2.48 bits per heavy atom. The van der Waals surface area contributed by atoms with Crippen molar-refractivity contribution >= 4 is 17.6 Å². The molecule has 3 rings (SSSR count). The third kappa shape index (κ3) is 6.73. The second-order valence-electron chi connectivity index (χ2n) is 9.09. The lowest BCUT2D eigenvalue weighted by atomic mass is 9.94. The standard InChI is InChI=1S/C27H36N2O4/c1-4-33-25-17-21(27(31)32)13-12-20(25)18-26(30)28-23(16-19(2)3)22-10-6-7-11-24(22)29-14-8-5-9-15-29/h6-7,10-13,17,19,23H,4-5,8-9,14-16,18H2,1-3H3,(H,28,30)(H,31,32)/t23-/m0/s1. The molecule has 1 aliphatic heterocycles. The van der Waals surface area contributed by atoms with Crippen LogP contribution < -0.4 is 15.0 Å². The molecule has 2 aromatic rings. The first-order valence-corrected chi connectivity index (χ1v) is 12.0. The molecule has 1 aliphatic rings. The largest absolute Gasteiger partial charge is 0.494 e. The first kappa shape index (κ1) is 24.6. The van der Waals surface area contributed by atoms with Gasteiger partial charge in [-0.05, 0) is 62.3 Å². The molecule has 1 heterocycles. The number of piperidine rings is 1. The summed E-state index contributed by atoms with van der Waals surface area (Å²) in [5, 5.41) is 12.5. The monoisotopic (exact) mass is 452 g/mol. The third-order valence-electron chi connectivity index (χ3n) is 6.02. The summed E-state index contributed by atoms with van der Waals surface area (Å²) in [6.45, 7) is 8.67. The minimum atomic E-state index is -1.02. The summed E-state index contributed by atoms with van der Waals surface area (Å²) in [5.74, 6) is -0.253. The van der Waals surface area contributed by atoms with Crippen LogP contribution >= 0.6 is 0 Å². The van der Waals surface area contributed by atoms with Gasteiger partial charge >= 0.3 is 5.97 Å².